The molecule has 0 aliphatic carbocycles. The Balaban J connectivity index is 3.40. The fraction of sp³-hybridized carbons (Fsp3) is 0.286. The van der Waals surface area contributed by atoms with E-state index in [1.54, 1.807) is 13.8 Å². The van der Waals surface area contributed by atoms with Crippen LogP contribution in [0.4, 0.5) is 4.48 Å². The van der Waals surface area contributed by atoms with Crippen LogP contribution in [-0.2, 0) is 10.0 Å². The molecule has 0 amide bonds. The van der Waals surface area contributed by atoms with E-state index in [-0.39, 0.29) is 4.90 Å². The number of hydrogen-bond acceptors (Lipinski definition) is 3. The van der Waals surface area contributed by atoms with Crippen LogP contribution in [0.3, 0.4) is 0 Å². The summed E-state index contributed by atoms with van der Waals surface area (Å²) in [6, 6.07) is 1.25. The first-order chi connectivity index (χ1) is 5.99. The van der Waals surface area contributed by atoms with Crippen LogP contribution in [0.25, 0.3) is 0 Å². The summed E-state index contributed by atoms with van der Waals surface area (Å²) in [5.41, 5.74) is 1.02. The molecule has 0 aliphatic rings. The molecular weight excluding hydrogens is 195 g/mol. The van der Waals surface area contributed by atoms with Crippen LogP contribution in [-0.4, -0.2) is 13.4 Å². The first kappa shape index (κ1) is 10.1. The predicted octanol–water partition coefficient (Wildman–Crippen LogP) is 0.861. The summed E-state index contributed by atoms with van der Waals surface area (Å²) in [6.07, 6.45) is 1.33. The number of nitrogens with zero attached hydrogens (tertiary/aromatic N) is 1. The van der Waals surface area contributed by atoms with Crippen molar-refractivity contribution in [2.45, 2.75) is 18.7 Å². The van der Waals surface area contributed by atoms with Gasteiger partial charge in [-0.1, -0.05) is 0 Å². The van der Waals surface area contributed by atoms with E-state index in [4.69, 9.17) is 0 Å². The third-order valence-corrected chi connectivity index (χ3v) is 3.02. The van der Waals surface area contributed by atoms with Crippen molar-refractivity contribution in [3.8, 4) is 0 Å². The summed E-state index contributed by atoms with van der Waals surface area (Å²) < 4.78 is 34.0. The van der Waals surface area contributed by atoms with Gasteiger partial charge in [0.15, 0.2) is 0 Å². The van der Waals surface area contributed by atoms with Gasteiger partial charge in [0.1, 0.15) is 0 Å². The molecule has 1 N–H and O–H groups in total. The maximum absolute atomic E-state index is 11.9. The maximum atomic E-state index is 11.9. The molecule has 0 bridgehead atoms. The van der Waals surface area contributed by atoms with Gasteiger partial charge < -0.3 is 0 Å². The van der Waals surface area contributed by atoms with Crippen LogP contribution in [0.2, 0.25) is 0 Å². The minimum absolute atomic E-state index is 0.0810. The second-order valence-corrected chi connectivity index (χ2v) is 4.20. The molecular formula is C7H9FN2O2S. The highest BCUT2D eigenvalue weighted by Gasteiger charge is 2.17. The van der Waals surface area contributed by atoms with E-state index < -0.39 is 10.0 Å². The highest BCUT2D eigenvalue weighted by atomic mass is 32.2. The number of rotatable bonds is 2. The van der Waals surface area contributed by atoms with Gasteiger partial charge in [0.25, 0.3) is 10.0 Å². The highest BCUT2D eigenvalue weighted by Crippen LogP contribution is 2.15. The van der Waals surface area contributed by atoms with Crippen LogP contribution in [0.15, 0.2) is 17.2 Å². The Bertz CT molecular complexity index is 417. The zero-order valence-corrected chi connectivity index (χ0v) is 8.02. The molecule has 72 valence electrons. The van der Waals surface area contributed by atoms with Crippen molar-refractivity contribution in [1.82, 2.24) is 9.93 Å². The number of halogens is 1. The quantitative estimate of drug-likeness (QED) is 0.727. The van der Waals surface area contributed by atoms with Crippen LogP contribution in [0.1, 0.15) is 11.3 Å². The van der Waals surface area contributed by atoms with Crippen LogP contribution >= 0.6 is 0 Å². The van der Waals surface area contributed by atoms with Crippen molar-refractivity contribution in [3.63, 3.8) is 0 Å². The molecule has 1 aromatic rings. The normalized spacial score (nSPS) is 11.6. The number of pyridine rings is 1. The van der Waals surface area contributed by atoms with Gasteiger partial charge >= 0.3 is 0 Å². The molecule has 1 aromatic heterocycles. The summed E-state index contributed by atoms with van der Waals surface area (Å²) >= 11 is 0. The molecule has 0 aromatic carbocycles. The zero-order chi connectivity index (χ0) is 10.1. The van der Waals surface area contributed by atoms with Crippen LogP contribution in [0, 0.1) is 13.8 Å². The Morgan fingerprint density at radius 2 is 2.08 bits per heavy atom. The van der Waals surface area contributed by atoms with Gasteiger partial charge in [0.2, 0.25) is 0 Å². The molecule has 0 saturated heterocycles. The summed E-state index contributed by atoms with van der Waals surface area (Å²) in [6.45, 7) is 3.24. The van der Waals surface area contributed by atoms with Gasteiger partial charge in [-0.15, -0.1) is 4.48 Å². The van der Waals surface area contributed by atoms with E-state index >= 15 is 0 Å². The maximum Gasteiger partial charge on any atom is 0.267 e. The van der Waals surface area contributed by atoms with Gasteiger partial charge in [-0.2, -0.15) is 0 Å². The van der Waals surface area contributed by atoms with Gasteiger partial charge in [0.05, 0.1) is 4.90 Å². The summed E-state index contributed by atoms with van der Waals surface area (Å²) in [5.74, 6) is 0. The monoisotopic (exact) mass is 204 g/mol. The summed E-state index contributed by atoms with van der Waals surface area (Å²) in [7, 11) is -4.01. The number of nitrogens with one attached hydrogen (secondary N) is 1. The zero-order valence-electron chi connectivity index (χ0n) is 7.20. The van der Waals surface area contributed by atoms with E-state index in [1.807, 2.05) is 0 Å². The van der Waals surface area contributed by atoms with E-state index in [1.165, 1.54) is 12.3 Å². The third-order valence-electron chi connectivity index (χ3n) is 1.80. The highest BCUT2D eigenvalue weighted by molar-refractivity contribution is 7.89. The van der Waals surface area contributed by atoms with Gasteiger partial charge in [-0.3, -0.25) is 4.98 Å². The van der Waals surface area contributed by atoms with Crippen molar-refractivity contribution in [3.05, 3.63) is 23.5 Å². The van der Waals surface area contributed by atoms with Crippen LogP contribution in [0.5, 0.6) is 0 Å². The molecule has 0 aliphatic heterocycles. The molecule has 0 saturated carbocycles. The first-order valence-electron chi connectivity index (χ1n) is 3.53. The number of aryl methyl sites for hydroxylation is 1. The fourth-order valence-corrected chi connectivity index (χ4v) is 1.82. The molecule has 0 radical (unpaired) electrons. The first-order valence-corrected chi connectivity index (χ1v) is 5.02. The minimum atomic E-state index is -4.01. The molecule has 1 heterocycles. The van der Waals surface area contributed by atoms with Crippen molar-refractivity contribution in [2.75, 3.05) is 0 Å². The standard InChI is InChI=1S/C7H9FN2O2S/c1-5-6(2)9-4-3-7(5)13(11,12)10-8/h3-4,10H,1-2H3. The second kappa shape index (κ2) is 3.39. The van der Waals surface area contributed by atoms with Gasteiger partial charge in [-0.25, -0.2) is 8.42 Å². The van der Waals surface area contributed by atoms with E-state index in [2.05, 4.69) is 4.98 Å². The van der Waals surface area contributed by atoms with Crippen LogP contribution < -0.4 is 4.94 Å². The lowest BCUT2D eigenvalue weighted by atomic mass is 10.2. The SMILES string of the molecule is Cc1nccc(S(=O)(=O)NF)c1C. The van der Waals surface area contributed by atoms with Crippen molar-refractivity contribution >= 4 is 10.0 Å². The number of hydrogen-bond donors (Lipinski definition) is 1. The van der Waals surface area contributed by atoms with Gasteiger partial charge in [-0.05, 0) is 30.4 Å². The van der Waals surface area contributed by atoms with Crippen molar-refractivity contribution < 1.29 is 12.9 Å². The molecule has 1 rings (SSSR count). The lowest BCUT2D eigenvalue weighted by Crippen LogP contribution is -2.16. The smallest absolute Gasteiger partial charge is 0.261 e. The van der Waals surface area contributed by atoms with E-state index in [0.717, 1.165) is 4.94 Å². The summed E-state index contributed by atoms with van der Waals surface area (Å²) in [5, 5.41) is 0. The lowest BCUT2D eigenvalue weighted by Gasteiger charge is -2.05. The minimum Gasteiger partial charge on any atom is -0.261 e. The third kappa shape index (κ3) is 1.84. The Kier molecular flexibility index (Phi) is 2.63. The Hall–Kier alpha value is -1.01. The number of aromatic nitrogens is 1. The molecule has 0 fully saturated rings. The molecule has 13 heavy (non-hydrogen) atoms. The topological polar surface area (TPSA) is 59.1 Å². The molecule has 0 unspecified atom stereocenters. The molecule has 0 atom stereocenters. The van der Waals surface area contributed by atoms with Crippen molar-refractivity contribution in [1.29, 1.82) is 0 Å². The Labute approximate surface area is 75.8 Å². The average Bonchev–Trinajstić information content (AvgIpc) is 2.09. The number of sulfonamides is 1. The largest absolute Gasteiger partial charge is 0.267 e. The Morgan fingerprint density at radius 1 is 1.46 bits per heavy atom. The molecule has 0 spiro atoms. The molecule has 4 nitrogen and oxygen atoms in total. The predicted molar refractivity (Wildman–Crippen MR) is 45.1 cm³/mol. The lowest BCUT2D eigenvalue weighted by molar-refractivity contribution is 0.425. The van der Waals surface area contributed by atoms with Crippen molar-refractivity contribution in [2.24, 2.45) is 0 Å². The van der Waals surface area contributed by atoms with E-state index in [0.29, 0.717) is 11.3 Å². The van der Waals surface area contributed by atoms with E-state index in [9.17, 15) is 12.9 Å². The average molecular weight is 204 g/mol. The van der Waals surface area contributed by atoms with Gasteiger partial charge in [0, 0.05) is 11.9 Å². The summed E-state index contributed by atoms with van der Waals surface area (Å²) in [4.78, 5) is 4.56. The Morgan fingerprint density at radius 3 is 2.62 bits per heavy atom. The molecule has 6 heteroatoms. The second-order valence-electron chi connectivity index (χ2n) is 2.60. The fourth-order valence-electron chi connectivity index (χ4n) is 0.950.